The second kappa shape index (κ2) is 6.24. The maximum Gasteiger partial charge on any atom is 0.349 e. The van der Waals surface area contributed by atoms with Gasteiger partial charge < -0.3 is 9.47 Å². The Morgan fingerprint density at radius 3 is 2.30 bits per heavy atom. The van der Waals surface area contributed by atoms with Gasteiger partial charge in [0, 0.05) is 0 Å². The van der Waals surface area contributed by atoms with Gasteiger partial charge in [0.1, 0.15) is 11.5 Å². The van der Waals surface area contributed by atoms with E-state index in [1.54, 1.807) is 12.1 Å². The molecule has 0 bridgehead atoms. The van der Waals surface area contributed by atoms with Gasteiger partial charge in [-0.05, 0) is 49.6 Å². The summed E-state index contributed by atoms with van der Waals surface area (Å²) in [5.74, 6) is 0.880. The first-order valence-corrected chi connectivity index (χ1v) is 6.53. The summed E-state index contributed by atoms with van der Waals surface area (Å²) in [6.07, 6.45) is 0. The predicted octanol–water partition coefficient (Wildman–Crippen LogP) is 3.60. The molecule has 0 unspecified atom stereocenters. The molecule has 0 aliphatic rings. The quantitative estimate of drug-likeness (QED) is 0.629. The van der Waals surface area contributed by atoms with Gasteiger partial charge in [0.05, 0.1) is 0 Å². The zero-order valence-corrected chi connectivity index (χ0v) is 12.0. The van der Waals surface area contributed by atoms with Crippen molar-refractivity contribution in [3.05, 3.63) is 59.2 Å². The molecule has 0 N–H and O–H groups in total. The topological polar surface area (TPSA) is 35.5 Å². The molecule has 0 fully saturated rings. The van der Waals surface area contributed by atoms with Gasteiger partial charge in [-0.3, -0.25) is 0 Å². The van der Waals surface area contributed by atoms with E-state index < -0.39 is 5.97 Å². The van der Waals surface area contributed by atoms with Crippen LogP contribution < -0.4 is 9.47 Å². The maximum absolute atomic E-state index is 11.7. The molecule has 3 heteroatoms. The Labute approximate surface area is 119 Å². The fraction of sp³-hybridized carbons (Fsp3) is 0.235. The Kier molecular flexibility index (Phi) is 4.41. The minimum Gasteiger partial charge on any atom is -0.481 e. The number of ether oxygens (including phenoxy) is 2. The monoisotopic (exact) mass is 270 g/mol. The van der Waals surface area contributed by atoms with Gasteiger partial charge >= 0.3 is 5.97 Å². The van der Waals surface area contributed by atoms with Crippen molar-refractivity contribution in [1.82, 2.24) is 0 Å². The van der Waals surface area contributed by atoms with Crippen molar-refractivity contribution >= 4 is 5.97 Å². The smallest absolute Gasteiger partial charge is 0.349 e. The van der Waals surface area contributed by atoms with Gasteiger partial charge in [0.2, 0.25) is 0 Å². The van der Waals surface area contributed by atoms with E-state index in [0.717, 1.165) is 22.4 Å². The first-order chi connectivity index (χ1) is 9.58. The first kappa shape index (κ1) is 14.1. The van der Waals surface area contributed by atoms with Gasteiger partial charge in [-0.25, -0.2) is 4.79 Å². The van der Waals surface area contributed by atoms with Crippen LogP contribution in [0.2, 0.25) is 0 Å². The number of para-hydroxylation sites is 1. The van der Waals surface area contributed by atoms with E-state index in [1.807, 2.05) is 51.1 Å². The summed E-state index contributed by atoms with van der Waals surface area (Å²) < 4.78 is 10.8. The molecule has 0 atom stereocenters. The lowest BCUT2D eigenvalue weighted by Crippen LogP contribution is -2.18. The van der Waals surface area contributed by atoms with Crippen molar-refractivity contribution in [2.24, 2.45) is 0 Å². The van der Waals surface area contributed by atoms with Gasteiger partial charge in [-0.1, -0.05) is 30.3 Å². The van der Waals surface area contributed by atoms with E-state index in [1.165, 1.54) is 0 Å². The van der Waals surface area contributed by atoms with Crippen LogP contribution in [0.1, 0.15) is 16.7 Å². The van der Waals surface area contributed by atoms with Crippen LogP contribution in [0, 0.1) is 20.8 Å². The molecule has 0 heterocycles. The molecule has 2 rings (SSSR count). The highest BCUT2D eigenvalue weighted by Crippen LogP contribution is 2.25. The summed E-state index contributed by atoms with van der Waals surface area (Å²) >= 11 is 0. The number of benzene rings is 2. The van der Waals surface area contributed by atoms with Crippen LogP contribution in [-0.4, -0.2) is 12.6 Å². The first-order valence-electron chi connectivity index (χ1n) is 6.53. The number of hydrogen-bond acceptors (Lipinski definition) is 3. The number of esters is 1. The molecule has 0 saturated heterocycles. The highest BCUT2D eigenvalue weighted by molar-refractivity contribution is 5.74. The summed E-state index contributed by atoms with van der Waals surface area (Å²) in [7, 11) is 0. The lowest BCUT2D eigenvalue weighted by molar-refractivity contribution is -0.136. The molecule has 0 spiro atoms. The molecule has 0 amide bonds. The zero-order valence-electron chi connectivity index (χ0n) is 12.0. The second-order valence-electron chi connectivity index (χ2n) is 4.73. The summed E-state index contributed by atoms with van der Waals surface area (Å²) in [4.78, 5) is 11.7. The average Bonchev–Trinajstić information content (AvgIpc) is 2.44. The fourth-order valence-corrected chi connectivity index (χ4v) is 1.93. The van der Waals surface area contributed by atoms with Crippen molar-refractivity contribution in [3.8, 4) is 11.5 Å². The molecule has 2 aromatic rings. The lowest BCUT2D eigenvalue weighted by Gasteiger charge is -2.13. The lowest BCUT2D eigenvalue weighted by atomic mass is 10.1. The van der Waals surface area contributed by atoms with Crippen LogP contribution in [0.25, 0.3) is 0 Å². The van der Waals surface area contributed by atoms with Crippen molar-refractivity contribution in [2.45, 2.75) is 20.8 Å². The summed E-state index contributed by atoms with van der Waals surface area (Å²) in [6, 6.07) is 13.0. The van der Waals surface area contributed by atoms with Crippen LogP contribution in [-0.2, 0) is 4.79 Å². The normalized spacial score (nSPS) is 10.2. The molecule has 104 valence electrons. The summed E-state index contributed by atoms with van der Waals surface area (Å²) in [5.41, 5.74) is 3.21. The molecule has 0 aliphatic carbocycles. The Hall–Kier alpha value is -2.29. The van der Waals surface area contributed by atoms with E-state index in [4.69, 9.17) is 9.47 Å². The Balaban J connectivity index is 1.99. The Morgan fingerprint density at radius 1 is 0.950 bits per heavy atom. The van der Waals surface area contributed by atoms with E-state index in [-0.39, 0.29) is 6.61 Å². The molecular weight excluding hydrogens is 252 g/mol. The minimum absolute atomic E-state index is 0.0972. The number of carbonyl (C=O) groups is 1. The number of aryl methyl sites for hydroxylation is 2. The van der Waals surface area contributed by atoms with Crippen LogP contribution >= 0.6 is 0 Å². The largest absolute Gasteiger partial charge is 0.481 e. The fourth-order valence-electron chi connectivity index (χ4n) is 1.93. The standard InChI is InChI=1S/C17H18O3/c1-12-9-10-13(2)17(14(12)3)19-11-16(18)20-15-7-5-4-6-8-15/h4-10H,11H2,1-3H3. The zero-order chi connectivity index (χ0) is 14.5. The summed E-state index contributed by atoms with van der Waals surface area (Å²) in [6.45, 7) is 5.87. The van der Waals surface area contributed by atoms with E-state index >= 15 is 0 Å². The van der Waals surface area contributed by atoms with E-state index in [9.17, 15) is 4.79 Å². The second-order valence-corrected chi connectivity index (χ2v) is 4.73. The molecule has 0 saturated carbocycles. The number of rotatable bonds is 4. The third-order valence-electron chi connectivity index (χ3n) is 3.18. The van der Waals surface area contributed by atoms with Crippen LogP contribution in [0.3, 0.4) is 0 Å². The van der Waals surface area contributed by atoms with Gasteiger partial charge in [0.15, 0.2) is 6.61 Å². The maximum atomic E-state index is 11.7. The summed E-state index contributed by atoms with van der Waals surface area (Å²) in [5, 5.41) is 0. The van der Waals surface area contributed by atoms with Crippen molar-refractivity contribution in [3.63, 3.8) is 0 Å². The molecule has 0 radical (unpaired) electrons. The van der Waals surface area contributed by atoms with Crippen molar-refractivity contribution in [2.75, 3.05) is 6.61 Å². The minimum atomic E-state index is -0.406. The third-order valence-corrected chi connectivity index (χ3v) is 3.18. The van der Waals surface area contributed by atoms with Crippen LogP contribution in [0.15, 0.2) is 42.5 Å². The molecule has 0 aliphatic heterocycles. The third kappa shape index (κ3) is 3.38. The highest BCUT2D eigenvalue weighted by Gasteiger charge is 2.10. The van der Waals surface area contributed by atoms with Gasteiger partial charge in [-0.15, -0.1) is 0 Å². The molecule has 0 aromatic heterocycles. The van der Waals surface area contributed by atoms with Gasteiger partial charge in [0.25, 0.3) is 0 Å². The average molecular weight is 270 g/mol. The van der Waals surface area contributed by atoms with E-state index in [2.05, 4.69) is 0 Å². The number of hydrogen-bond donors (Lipinski definition) is 0. The van der Waals surface area contributed by atoms with Crippen LogP contribution in [0.5, 0.6) is 11.5 Å². The molecule has 20 heavy (non-hydrogen) atoms. The Morgan fingerprint density at radius 2 is 1.60 bits per heavy atom. The highest BCUT2D eigenvalue weighted by atomic mass is 16.6. The van der Waals surface area contributed by atoms with Crippen molar-refractivity contribution in [1.29, 1.82) is 0 Å². The number of carbonyl (C=O) groups excluding carboxylic acids is 1. The molecule has 2 aromatic carbocycles. The van der Waals surface area contributed by atoms with Crippen LogP contribution in [0.4, 0.5) is 0 Å². The van der Waals surface area contributed by atoms with E-state index in [0.29, 0.717) is 5.75 Å². The van der Waals surface area contributed by atoms with Gasteiger partial charge in [-0.2, -0.15) is 0 Å². The predicted molar refractivity (Wildman–Crippen MR) is 78.2 cm³/mol. The molecular formula is C17H18O3. The molecule has 3 nitrogen and oxygen atoms in total. The van der Waals surface area contributed by atoms with Crippen molar-refractivity contribution < 1.29 is 14.3 Å². The SMILES string of the molecule is Cc1ccc(C)c(OCC(=O)Oc2ccccc2)c1C. The Bertz CT molecular complexity index is 603.